The number of methoxy groups -OCH3 is 1. The standard InChI is InChI=1S/C12H9F3O2/c1-16-9-6-5-8-3-2-4-11(10(8)7-9)17-12(13,14)15/h2-7H,1H3. The second-order valence-electron chi connectivity index (χ2n) is 3.39. The predicted molar refractivity (Wildman–Crippen MR) is 57.2 cm³/mol. The Morgan fingerprint density at radius 3 is 2.47 bits per heavy atom. The van der Waals surface area contributed by atoms with Gasteiger partial charge in [0.05, 0.1) is 7.11 Å². The Labute approximate surface area is 95.6 Å². The van der Waals surface area contributed by atoms with Crippen LogP contribution in [0.25, 0.3) is 10.8 Å². The first-order chi connectivity index (χ1) is 7.99. The van der Waals surface area contributed by atoms with Gasteiger partial charge in [-0.05, 0) is 23.6 Å². The Morgan fingerprint density at radius 1 is 1.06 bits per heavy atom. The summed E-state index contributed by atoms with van der Waals surface area (Å²) in [5.41, 5.74) is 0. The molecule has 0 bridgehead atoms. The van der Waals surface area contributed by atoms with Gasteiger partial charge in [0, 0.05) is 5.39 Å². The van der Waals surface area contributed by atoms with Gasteiger partial charge in [-0.25, -0.2) is 0 Å². The van der Waals surface area contributed by atoms with Crippen molar-refractivity contribution >= 4 is 10.8 Å². The average molecular weight is 242 g/mol. The van der Waals surface area contributed by atoms with Crippen LogP contribution in [0.2, 0.25) is 0 Å². The molecule has 90 valence electrons. The van der Waals surface area contributed by atoms with Crippen LogP contribution in [-0.4, -0.2) is 13.5 Å². The zero-order valence-corrected chi connectivity index (χ0v) is 8.91. The van der Waals surface area contributed by atoms with Crippen LogP contribution in [0.1, 0.15) is 0 Å². The van der Waals surface area contributed by atoms with Gasteiger partial charge < -0.3 is 9.47 Å². The zero-order chi connectivity index (χ0) is 12.5. The molecule has 2 aromatic carbocycles. The van der Waals surface area contributed by atoms with Crippen molar-refractivity contribution in [3.8, 4) is 11.5 Å². The summed E-state index contributed by atoms with van der Waals surface area (Å²) in [7, 11) is 1.45. The van der Waals surface area contributed by atoms with Crippen LogP contribution < -0.4 is 9.47 Å². The largest absolute Gasteiger partial charge is 0.573 e. The van der Waals surface area contributed by atoms with Crippen molar-refractivity contribution in [1.29, 1.82) is 0 Å². The molecule has 0 N–H and O–H groups in total. The van der Waals surface area contributed by atoms with Gasteiger partial charge in [0.2, 0.25) is 0 Å². The molecule has 0 amide bonds. The van der Waals surface area contributed by atoms with Crippen LogP contribution in [0, 0.1) is 0 Å². The lowest BCUT2D eigenvalue weighted by Crippen LogP contribution is -2.17. The summed E-state index contributed by atoms with van der Waals surface area (Å²) >= 11 is 0. The van der Waals surface area contributed by atoms with Crippen molar-refractivity contribution in [1.82, 2.24) is 0 Å². The Balaban J connectivity index is 2.54. The first-order valence-electron chi connectivity index (χ1n) is 4.82. The lowest BCUT2D eigenvalue weighted by molar-refractivity contribution is -0.274. The normalized spacial score (nSPS) is 11.5. The van der Waals surface area contributed by atoms with Gasteiger partial charge >= 0.3 is 6.36 Å². The molecule has 0 saturated carbocycles. The van der Waals surface area contributed by atoms with Crippen LogP contribution in [0.3, 0.4) is 0 Å². The van der Waals surface area contributed by atoms with E-state index in [1.165, 1.54) is 25.3 Å². The first-order valence-corrected chi connectivity index (χ1v) is 4.82. The highest BCUT2D eigenvalue weighted by Crippen LogP contribution is 2.32. The van der Waals surface area contributed by atoms with E-state index in [-0.39, 0.29) is 5.75 Å². The lowest BCUT2D eigenvalue weighted by atomic mass is 10.1. The maximum atomic E-state index is 12.2. The highest BCUT2D eigenvalue weighted by molar-refractivity contribution is 5.89. The molecule has 0 saturated heterocycles. The molecule has 0 spiro atoms. The molecule has 0 aliphatic heterocycles. The smallest absolute Gasteiger partial charge is 0.497 e. The van der Waals surface area contributed by atoms with Crippen molar-refractivity contribution in [2.45, 2.75) is 6.36 Å². The van der Waals surface area contributed by atoms with Crippen LogP contribution in [-0.2, 0) is 0 Å². The summed E-state index contributed by atoms with van der Waals surface area (Å²) < 4.78 is 45.5. The third kappa shape index (κ3) is 2.61. The van der Waals surface area contributed by atoms with E-state index in [0.717, 1.165) is 0 Å². The molecule has 0 heterocycles. The van der Waals surface area contributed by atoms with E-state index >= 15 is 0 Å². The maximum Gasteiger partial charge on any atom is 0.573 e. The Morgan fingerprint density at radius 2 is 1.82 bits per heavy atom. The topological polar surface area (TPSA) is 18.5 Å². The van der Waals surface area contributed by atoms with Crippen molar-refractivity contribution in [2.75, 3.05) is 7.11 Å². The molecular weight excluding hydrogens is 233 g/mol. The van der Waals surface area contributed by atoms with Gasteiger partial charge in [0.1, 0.15) is 11.5 Å². The quantitative estimate of drug-likeness (QED) is 0.798. The zero-order valence-electron chi connectivity index (χ0n) is 8.91. The molecule has 2 rings (SSSR count). The minimum absolute atomic E-state index is 0.228. The highest BCUT2D eigenvalue weighted by atomic mass is 19.4. The van der Waals surface area contributed by atoms with E-state index in [0.29, 0.717) is 16.5 Å². The van der Waals surface area contributed by atoms with E-state index in [4.69, 9.17) is 4.74 Å². The number of fused-ring (bicyclic) bond motifs is 1. The third-order valence-corrected chi connectivity index (χ3v) is 2.27. The minimum Gasteiger partial charge on any atom is -0.497 e. The van der Waals surface area contributed by atoms with Crippen molar-refractivity contribution in [3.63, 3.8) is 0 Å². The third-order valence-electron chi connectivity index (χ3n) is 2.27. The fourth-order valence-electron chi connectivity index (χ4n) is 1.56. The van der Waals surface area contributed by atoms with Gasteiger partial charge in [0.15, 0.2) is 0 Å². The summed E-state index contributed by atoms with van der Waals surface area (Å²) in [4.78, 5) is 0. The summed E-state index contributed by atoms with van der Waals surface area (Å²) in [6, 6.07) is 9.36. The summed E-state index contributed by atoms with van der Waals surface area (Å²) in [5.74, 6) is 0.254. The number of ether oxygens (including phenoxy) is 2. The van der Waals surface area contributed by atoms with Crippen LogP contribution >= 0.6 is 0 Å². The number of halogens is 3. The Kier molecular flexibility index (Phi) is 2.83. The molecule has 17 heavy (non-hydrogen) atoms. The molecule has 0 radical (unpaired) electrons. The predicted octanol–water partition coefficient (Wildman–Crippen LogP) is 3.75. The molecule has 0 aliphatic carbocycles. The fourth-order valence-corrected chi connectivity index (χ4v) is 1.56. The van der Waals surface area contributed by atoms with E-state index < -0.39 is 6.36 Å². The molecule has 0 aromatic heterocycles. The van der Waals surface area contributed by atoms with Gasteiger partial charge in [-0.2, -0.15) is 0 Å². The second kappa shape index (κ2) is 4.16. The highest BCUT2D eigenvalue weighted by Gasteiger charge is 2.31. The van der Waals surface area contributed by atoms with E-state index in [2.05, 4.69) is 4.74 Å². The molecule has 2 aromatic rings. The fraction of sp³-hybridized carbons (Fsp3) is 0.167. The second-order valence-corrected chi connectivity index (χ2v) is 3.39. The van der Waals surface area contributed by atoms with Gasteiger partial charge in [0.25, 0.3) is 0 Å². The molecule has 0 aliphatic rings. The molecule has 2 nitrogen and oxygen atoms in total. The van der Waals surface area contributed by atoms with Gasteiger partial charge in [-0.15, -0.1) is 13.2 Å². The number of rotatable bonds is 2. The SMILES string of the molecule is COc1ccc2cccc(OC(F)(F)F)c2c1. The van der Waals surface area contributed by atoms with E-state index in [9.17, 15) is 13.2 Å². The van der Waals surface area contributed by atoms with Crippen LogP contribution in [0.4, 0.5) is 13.2 Å². The lowest BCUT2D eigenvalue weighted by Gasteiger charge is -2.11. The maximum absolute atomic E-state index is 12.2. The monoisotopic (exact) mass is 242 g/mol. The summed E-state index contributed by atoms with van der Waals surface area (Å²) in [6.45, 7) is 0. The van der Waals surface area contributed by atoms with Gasteiger partial charge in [-0.1, -0.05) is 18.2 Å². The molecular formula is C12H9F3O2. The molecule has 0 unspecified atom stereocenters. The molecule has 5 heteroatoms. The van der Waals surface area contributed by atoms with E-state index in [1.54, 1.807) is 18.2 Å². The Hall–Kier alpha value is -1.91. The van der Waals surface area contributed by atoms with Crippen LogP contribution in [0.5, 0.6) is 11.5 Å². The first kappa shape index (κ1) is 11.6. The number of alkyl halides is 3. The van der Waals surface area contributed by atoms with Crippen molar-refractivity contribution in [3.05, 3.63) is 36.4 Å². The molecule has 0 fully saturated rings. The average Bonchev–Trinajstić information content (AvgIpc) is 2.27. The number of hydrogen-bond acceptors (Lipinski definition) is 2. The van der Waals surface area contributed by atoms with Crippen molar-refractivity contribution < 1.29 is 22.6 Å². The number of benzene rings is 2. The summed E-state index contributed by atoms with van der Waals surface area (Å²) in [5, 5.41) is 1.02. The number of hydrogen-bond donors (Lipinski definition) is 0. The Bertz CT molecular complexity index is 535. The van der Waals surface area contributed by atoms with Crippen molar-refractivity contribution in [2.24, 2.45) is 0 Å². The minimum atomic E-state index is -4.70. The van der Waals surface area contributed by atoms with Gasteiger partial charge in [-0.3, -0.25) is 0 Å². The summed E-state index contributed by atoms with van der Waals surface area (Å²) in [6.07, 6.45) is -4.70. The molecule has 0 atom stereocenters. The van der Waals surface area contributed by atoms with Crippen LogP contribution in [0.15, 0.2) is 36.4 Å². The van der Waals surface area contributed by atoms with E-state index in [1.807, 2.05) is 0 Å².